The topological polar surface area (TPSA) is 47.6 Å². The molecule has 0 unspecified atom stereocenters. The molecule has 0 aliphatic rings. The van der Waals surface area contributed by atoms with Gasteiger partial charge < -0.3 is 14.8 Å². The third-order valence-corrected chi connectivity index (χ3v) is 1.71. The Morgan fingerprint density at radius 3 is 2.44 bits per heavy atom. The van der Waals surface area contributed by atoms with Gasteiger partial charge in [-0.2, -0.15) is 0 Å². The second kappa shape index (κ2) is 7.63. The van der Waals surface area contributed by atoms with Gasteiger partial charge in [-0.3, -0.25) is 0 Å². The first-order chi connectivity index (χ1) is 7.31. The molecule has 0 saturated heterocycles. The number of hydrogen-bond acceptors (Lipinski definition) is 4. The Morgan fingerprint density at radius 1 is 1.31 bits per heavy atom. The van der Waals surface area contributed by atoms with Crippen LogP contribution < -0.4 is 5.32 Å². The van der Waals surface area contributed by atoms with Crippen LogP contribution in [0.3, 0.4) is 0 Å². The van der Waals surface area contributed by atoms with Crippen LogP contribution in [0.4, 0.5) is 0 Å². The lowest BCUT2D eigenvalue weighted by Gasteiger charge is -2.20. The molecule has 0 heterocycles. The zero-order chi connectivity index (χ0) is 12.6. The quantitative estimate of drug-likeness (QED) is 0.535. The minimum Gasteiger partial charge on any atom is -0.461 e. The lowest BCUT2D eigenvalue weighted by molar-refractivity contribution is -0.152. The molecule has 0 radical (unpaired) electrons. The van der Waals surface area contributed by atoms with Crippen LogP contribution in [0.25, 0.3) is 0 Å². The molecule has 0 saturated carbocycles. The zero-order valence-corrected chi connectivity index (χ0v) is 11.1. The molecule has 16 heavy (non-hydrogen) atoms. The highest BCUT2D eigenvalue weighted by Gasteiger charge is 2.08. The maximum atomic E-state index is 11.1. The van der Waals surface area contributed by atoms with Gasteiger partial charge in [0.25, 0.3) is 0 Å². The Bertz CT molecular complexity index is 197. The molecule has 4 heteroatoms. The summed E-state index contributed by atoms with van der Waals surface area (Å²) in [5, 5.41) is 3.35. The number of carbonyl (C=O) groups is 1. The minimum absolute atomic E-state index is 0.0493. The number of nitrogens with one attached hydrogen (secondary N) is 1. The van der Waals surface area contributed by atoms with Crippen molar-refractivity contribution in [2.24, 2.45) is 0 Å². The van der Waals surface area contributed by atoms with Crippen LogP contribution in [0, 0.1) is 0 Å². The molecule has 0 aliphatic heterocycles. The molecule has 0 atom stereocenters. The maximum Gasteiger partial charge on any atom is 0.332 e. The van der Waals surface area contributed by atoms with E-state index in [0.717, 1.165) is 13.0 Å². The average Bonchev–Trinajstić information content (AvgIpc) is 2.07. The van der Waals surface area contributed by atoms with Crippen LogP contribution in [0.5, 0.6) is 0 Å². The molecule has 0 amide bonds. The SMILES string of the molecule is CC(C)OC(=O)COCCCNC(C)(C)C. The summed E-state index contributed by atoms with van der Waals surface area (Å²) in [5.41, 5.74) is 0.135. The van der Waals surface area contributed by atoms with E-state index < -0.39 is 0 Å². The Labute approximate surface area is 98.7 Å². The van der Waals surface area contributed by atoms with Crippen molar-refractivity contribution in [2.45, 2.75) is 52.7 Å². The third-order valence-electron chi connectivity index (χ3n) is 1.71. The lowest BCUT2D eigenvalue weighted by Crippen LogP contribution is -2.36. The minimum atomic E-state index is -0.293. The van der Waals surface area contributed by atoms with Crippen molar-refractivity contribution in [3.8, 4) is 0 Å². The smallest absolute Gasteiger partial charge is 0.332 e. The molecule has 1 N–H and O–H groups in total. The van der Waals surface area contributed by atoms with Crippen molar-refractivity contribution in [3.63, 3.8) is 0 Å². The van der Waals surface area contributed by atoms with Crippen LogP contribution in [0.1, 0.15) is 41.0 Å². The molecule has 96 valence electrons. The summed E-state index contributed by atoms with van der Waals surface area (Å²) in [6.07, 6.45) is 0.824. The van der Waals surface area contributed by atoms with E-state index >= 15 is 0 Å². The average molecular weight is 231 g/mol. The van der Waals surface area contributed by atoms with Gasteiger partial charge in [0.15, 0.2) is 0 Å². The molecule has 0 aromatic carbocycles. The molecular formula is C12H25NO3. The van der Waals surface area contributed by atoms with Crippen LogP contribution in [-0.2, 0) is 14.3 Å². The predicted molar refractivity (Wildman–Crippen MR) is 64.4 cm³/mol. The summed E-state index contributed by atoms with van der Waals surface area (Å²) in [6.45, 7) is 11.5. The molecule has 0 aliphatic carbocycles. The number of carbonyl (C=O) groups excluding carboxylic acids is 1. The first kappa shape index (κ1) is 15.4. The second-order valence-corrected chi connectivity index (χ2v) is 5.12. The highest BCUT2D eigenvalue weighted by Crippen LogP contribution is 1.98. The van der Waals surface area contributed by atoms with Gasteiger partial charge in [-0.25, -0.2) is 4.79 Å². The normalized spacial score (nSPS) is 11.9. The molecule has 0 aromatic rings. The fraction of sp³-hybridized carbons (Fsp3) is 0.917. The number of rotatable bonds is 7. The summed E-state index contributed by atoms with van der Waals surface area (Å²) in [7, 11) is 0. The number of esters is 1. The Morgan fingerprint density at radius 2 is 1.94 bits per heavy atom. The van der Waals surface area contributed by atoms with Gasteiger partial charge >= 0.3 is 5.97 Å². The summed E-state index contributed by atoms with van der Waals surface area (Å²) in [4.78, 5) is 11.1. The molecule has 0 fully saturated rings. The molecular weight excluding hydrogens is 206 g/mol. The van der Waals surface area contributed by atoms with Crippen molar-refractivity contribution < 1.29 is 14.3 Å². The molecule has 0 bridgehead atoms. The van der Waals surface area contributed by atoms with Crippen LogP contribution in [-0.4, -0.2) is 37.4 Å². The van der Waals surface area contributed by atoms with Gasteiger partial charge in [0.2, 0.25) is 0 Å². The summed E-state index contributed by atoms with van der Waals surface area (Å²) in [5.74, 6) is -0.293. The monoisotopic (exact) mass is 231 g/mol. The number of ether oxygens (including phenoxy) is 2. The Balaban J connectivity index is 3.31. The van der Waals surface area contributed by atoms with Gasteiger partial charge in [-0.05, 0) is 47.6 Å². The summed E-state index contributed by atoms with van der Waals surface area (Å²) < 4.78 is 10.1. The van der Waals surface area contributed by atoms with Crippen molar-refractivity contribution in [3.05, 3.63) is 0 Å². The third kappa shape index (κ3) is 11.5. The van der Waals surface area contributed by atoms with Crippen LogP contribution in [0.2, 0.25) is 0 Å². The molecule has 4 nitrogen and oxygen atoms in total. The van der Waals surface area contributed by atoms with Gasteiger partial charge in [-0.15, -0.1) is 0 Å². The Kier molecular flexibility index (Phi) is 7.34. The van der Waals surface area contributed by atoms with E-state index in [4.69, 9.17) is 9.47 Å². The fourth-order valence-corrected chi connectivity index (χ4v) is 1.09. The van der Waals surface area contributed by atoms with Gasteiger partial charge in [0.1, 0.15) is 6.61 Å². The van der Waals surface area contributed by atoms with E-state index in [9.17, 15) is 4.79 Å². The summed E-state index contributed by atoms with van der Waals surface area (Å²) in [6, 6.07) is 0. The van der Waals surface area contributed by atoms with Gasteiger partial charge in [0.05, 0.1) is 6.10 Å². The fourth-order valence-electron chi connectivity index (χ4n) is 1.09. The highest BCUT2D eigenvalue weighted by atomic mass is 16.6. The van der Waals surface area contributed by atoms with Crippen molar-refractivity contribution in [1.29, 1.82) is 0 Å². The standard InChI is InChI=1S/C12H25NO3/c1-10(2)16-11(14)9-15-8-6-7-13-12(3,4)5/h10,13H,6-9H2,1-5H3. The number of hydrogen-bond donors (Lipinski definition) is 1. The van der Waals surface area contributed by atoms with E-state index in [1.54, 1.807) is 0 Å². The largest absolute Gasteiger partial charge is 0.461 e. The maximum absolute atomic E-state index is 11.1. The van der Waals surface area contributed by atoms with E-state index in [2.05, 4.69) is 26.1 Å². The van der Waals surface area contributed by atoms with E-state index in [0.29, 0.717) is 6.61 Å². The van der Waals surface area contributed by atoms with Crippen LogP contribution in [0.15, 0.2) is 0 Å². The van der Waals surface area contributed by atoms with Gasteiger partial charge in [-0.1, -0.05) is 0 Å². The first-order valence-corrected chi connectivity index (χ1v) is 5.83. The highest BCUT2D eigenvalue weighted by molar-refractivity contribution is 5.70. The van der Waals surface area contributed by atoms with E-state index in [1.165, 1.54) is 0 Å². The van der Waals surface area contributed by atoms with Crippen molar-refractivity contribution in [2.75, 3.05) is 19.8 Å². The predicted octanol–water partition coefficient (Wildman–Crippen LogP) is 1.73. The summed E-state index contributed by atoms with van der Waals surface area (Å²) >= 11 is 0. The van der Waals surface area contributed by atoms with Crippen molar-refractivity contribution in [1.82, 2.24) is 5.32 Å². The first-order valence-electron chi connectivity index (χ1n) is 5.83. The van der Waals surface area contributed by atoms with Crippen molar-refractivity contribution >= 4 is 5.97 Å². The molecule has 0 aromatic heterocycles. The molecule has 0 spiro atoms. The van der Waals surface area contributed by atoms with Gasteiger partial charge in [0, 0.05) is 12.1 Å². The second-order valence-electron chi connectivity index (χ2n) is 5.12. The Hall–Kier alpha value is -0.610. The van der Waals surface area contributed by atoms with E-state index in [-0.39, 0.29) is 24.2 Å². The zero-order valence-electron chi connectivity index (χ0n) is 11.1. The van der Waals surface area contributed by atoms with E-state index in [1.807, 2.05) is 13.8 Å². The van der Waals surface area contributed by atoms with Crippen LogP contribution >= 0.6 is 0 Å². The molecule has 0 rings (SSSR count). The lowest BCUT2D eigenvalue weighted by atomic mass is 10.1.